The van der Waals surface area contributed by atoms with Crippen LogP contribution in [0.1, 0.15) is 43.5 Å². The summed E-state index contributed by atoms with van der Waals surface area (Å²) in [6, 6.07) is 12.7. The molecule has 27 heavy (non-hydrogen) atoms. The fourth-order valence-electron chi connectivity index (χ4n) is 3.54. The average Bonchev–Trinajstić information content (AvgIpc) is 2.65. The Hall–Kier alpha value is -2.56. The van der Waals surface area contributed by atoms with Gasteiger partial charge in [-0.25, -0.2) is 0 Å². The summed E-state index contributed by atoms with van der Waals surface area (Å²) in [5.74, 6) is 0. The molecule has 0 amide bonds. The lowest BCUT2D eigenvalue weighted by Gasteiger charge is -2.21. The van der Waals surface area contributed by atoms with Crippen LogP contribution in [-0.4, -0.2) is 4.57 Å². The van der Waals surface area contributed by atoms with Gasteiger partial charge in [0.15, 0.2) is 5.43 Å². The van der Waals surface area contributed by atoms with Crippen molar-refractivity contribution < 1.29 is 13.2 Å². The van der Waals surface area contributed by atoms with Gasteiger partial charge in [-0.2, -0.15) is 13.2 Å². The number of alkyl halides is 3. The largest absolute Gasteiger partial charge is 0.416 e. The lowest BCUT2D eigenvalue weighted by Crippen LogP contribution is -2.21. The molecule has 0 saturated carbocycles. The number of aromatic nitrogens is 1. The minimum atomic E-state index is -4.46. The highest BCUT2D eigenvalue weighted by molar-refractivity contribution is 5.83. The maximum atomic E-state index is 13.3. The third kappa shape index (κ3) is 3.64. The maximum Gasteiger partial charge on any atom is 0.416 e. The van der Waals surface area contributed by atoms with Crippen molar-refractivity contribution in [1.29, 1.82) is 0 Å². The van der Waals surface area contributed by atoms with Gasteiger partial charge in [0.1, 0.15) is 0 Å². The number of nitrogens with zero attached hydrogens (tertiary/aromatic N) is 1. The van der Waals surface area contributed by atoms with Crippen molar-refractivity contribution in [2.75, 3.05) is 0 Å². The van der Waals surface area contributed by atoms with Gasteiger partial charge >= 0.3 is 6.18 Å². The van der Waals surface area contributed by atoms with Gasteiger partial charge in [0.05, 0.1) is 11.1 Å². The molecule has 2 nitrogen and oxygen atoms in total. The molecule has 3 aromatic rings. The van der Waals surface area contributed by atoms with Gasteiger partial charge in [-0.3, -0.25) is 4.79 Å². The van der Waals surface area contributed by atoms with Gasteiger partial charge in [0.25, 0.3) is 0 Å². The Morgan fingerprint density at radius 1 is 0.926 bits per heavy atom. The monoisotopic (exact) mass is 373 g/mol. The van der Waals surface area contributed by atoms with Crippen molar-refractivity contribution in [3.05, 3.63) is 75.6 Å². The van der Waals surface area contributed by atoms with Crippen LogP contribution in [0.4, 0.5) is 13.2 Å². The predicted octanol–water partition coefficient (Wildman–Crippen LogP) is 5.91. The van der Waals surface area contributed by atoms with Gasteiger partial charge in [0.2, 0.25) is 0 Å². The maximum absolute atomic E-state index is 13.3. The van der Waals surface area contributed by atoms with Gasteiger partial charge < -0.3 is 4.57 Å². The molecule has 0 radical (unpaired) electrons. The van der Waals surface area contributed by atoms with Crippen LogP contribution in [0, 0.1) is 0 Å². The quantitative estimate of drug-likeness (QED) is 0.544. The van der Waals surface area contributed by atoms with Crippen LogP contribution in [-0.2, 0) is 19.0 Å². The molecule has 1 aromatic heterocycles. The van der Waals surface area contributed by atoms with Gasteiger partial charge in [-0.1, -0.05) is 44.9 Å². The smallest absolute Gasteiger partial charge is 0.313 e. The van der Waals surface area contributed by atoms with Crippen molar-refractivity contribution in [2.45, 2.75) is 45.7 Å². The molecule has 142 valence electrons. The molecule has 0 bridgehead atoms. The Kier molecular flexibility index (Phi) is 5.40. The number of halogens is 3. The first-order valence-corrected chi connectivity index (χ1v) is 9.21. The molecule has 0 aliphatic heterocycles. The molecule has 2 aromatic carbocycles. The number of benzene rings is 2. The van der Waals surface area contributed by atoms with Gasteiger partial charge in [-0.05, 0) is 43.2 Å². The first-order valence-electron chi connectivity index (χ1n) is 9.21. The Morgan fingerprint density at radius 3 is 2.19 bits per heavy atom. The SMILES string of the molecule is CCCc1c(CCC)n(-c2ccccc2)c2cc(C(F)(F)F)ccc2c1=O. The predicted molar refractivity (Wildman–Crippen MR) is 103 cm³/mol. The molecular formula is C22H22F3NO. The fraction of sp³-hybridized carbons (Fsp3) is 0.318. The molecule has 0 atom stereocenters. The Balaban J connectivity index is 2.49. The Labute approximate surface area is 156 Å². The molecule has 0 aliphatic rings. The topological polar surface area (TPSA) is 22.0 Å². The number of hydrogen-bond donors (Lipinski definition) is 0. The summed E-state index contributed by atoms with van der Waals surface area (Å²) in [7, 11) is 0. The molecule has 1 heterocycles. The highest BCUT2D eigenvalue weighted by Crippen LogP contribution is 2.32. The minimum Gasteiger partial charge on any atom is -0.313 e. The van der Waals surface area contributed by atoms with Crippen molar-refractivity contribution in [1.82, 2.24) is 4.57 Å². The summed E-state index contributed by atoms with van der Waals surface area (Å²) in [5, 5.41) is 0.329. The van der Waals surface area contributed by atoms with E-state index < -0.39 is 11.7 Å². The highest BCUT2D eigenvalue weighted by atomic mass is 19.4. The third-order valence-electron chi connectivity index (χ3n) is 4.70. The van der Waals surface area contributed by atoms with E-state index in [9.17, 15) is 18.0 Å². The van der Waals surface area contributed by atoms with Gasteiger partial charge in [0, 0.05) is 22.3 Å². The Bertz CT molecular complexity index is 1000. The van der Waals surface area contributed by atoms with Crippen molar-refractivity contribution >= 4 is 10.9 Å². The summed E-state index contributed by atoms with van der Waals surface area (Å²) >= 11 is 0. The van der Waals surface area contributed by atoms with E-state index in [2.05, 4.69) is 0 Å². The number of pyridine rings is 1. The molecular weight excluding hydrogens is 351 g/mol. The van der Waals surface area contributed by atoms with Gasteiger partial charge in [-0.15, -0.1) is 0 Å². The lowest BCUT2D eigenvalue weighted by molar-refractivity contribution is -0.137. The van der Waals surface area contributed by atoms with E-state index in [4.69, 9.17) is 0 Å². The third-order valence-corrected chi connectivity index (χ3v) is 4.70. The number of rotatable bonds is 5. The van der Waals surface area contributed by atoms with Crippen molar-refractivity contribution in [2.24, 2.45) is 0 Å². The van der Waals surface area contributed by atoms with Crippen LogP contribution >= 0.6 is 0 Å². The zero-order chi connectivity index (χ0) is 19.6. The second-order valence-corrected chi connectivity index (χ2v) is 6.66. The average molecular weight is 373 g/mol. The molecule has 5 heteroatoms. The zero-order valence-electron chi connectivity index (χ0n) is 15.4. The molecule has 0 spiro atoms. The second kappa shape index (κ2) is 7.59. The number of para-hydroxylation sites is 1. The normalized spacial score (nSPS) is 11.9. The van der Waals surface area contributed by atoms with Crippen molar-refractivity contribution in [3.63, 3.8) is 0 Å². The minimum absolute atomic E-state index is 0.156. The molecule has 0 fully saturated rings. The van der Waals surface area contributed by atoms with Crippen molar-refractivity contribution in [3.8, 4) is 5.69 Å². The molecule has 0 aliphatic carbocycles. The fourth-order valence-corrected chi connectivity index (χ4v) is 3.54. The first-order chi connectivity index (χ1) is 12.9. The van der Waals surface area contributed by atoms with Crippen LogP contribution < -0.4 is 5.43 Å². The molecule has 0 unspecified atom stereocenters. The number of fused-ring (bicyclic) bond motifs is 1. The van der Waals surface area contributed by atoms with Crippen LogP contribution in [0.15, 0.2) is 53.3 Å². The number of hydrogen-bond acceptors (Lipinski definition) is 1. The summed E-state index contributed by atoms with van der Waals surface area (Å²) in [5.41, 5.74) is 1.69. The lowest BCUT2D eigenvalue weighted by atomic mass is 9.99. The van der Waals surface area contributed by atoms with E-state index in [-0.39, 0.29) is 5.43 Å². The van der Waals surface area contributed by atoms with Crippen LogP contribution in [0.2, 0.25) is 0 Å². The van der Waals surface area contributed by atoms with Crippen LogP contribution in [0.3, 0.4) is 0 Å². The summed E-state index contributed by atoms with van der Waals surface area (Å²) in [6.45, 7) is 4.00. The standard InChI is InChI=1S/C22H22F3NO/c1-3-8-17-19(9-4-2)26(16-10-6-5-7-11-16)20-14-15(22(23,24)25)12-13-18(20)21(17)27/h5-7,10-14H,3-4,8-9H2,1-2H3. The molecule has 3 rings (SSSR count). The summed E-state index contributed by atoms with van der Waals surface area (Å²) < 4.78 is 41.8. The summed E-state index contributed by atoms with van der Waals surface area (Å²) in [6.07, 6.45) is -1.62. The van der Waals surface area contributed by atoms with E-state index in [1.54, 1.807) is 0 Å². The first kappa shape index (κ1) is 19.2. The van der Waals surface area contributed by atoms with Crippen LogP contribution in [0.5, 0.6) is 0 Å². The summed E-state index contributed by atoms with van der Waals surface area (Å²) in [4.78, 5) is 13.1. The Morgan fingerprint density at radius 2 is 1.59 bits per heavy atom. The van der Waals surface area contributed by atoms with E-state index in [1.807, 2.05) is 48.7 Å². The molecule has 0 saturated heterocycles. The van der Waals surface area contributed by atoms with E-state index >= 15 is 0 Å². The van der Waals surface area contributed by atoms with E-state index in [1.165, 1.54) is 6.07 Å². The zero-order valence-corrected chi connectivity index (χ0v) is 15.4. The van der Waals surface area contributed by atoms with Crippen LogP contribution in [0.25, 0.3) is 16.6 Å². The van der Waals surface area contributed by atoms with E-state index in [0.29, 0.717) is 29.3 Å². The highest BCUT2D eigenvalue weighted by Gasteiger charge is 2.31. The van der Waals surface area contributed by atoms with E-state index in [0.717, 1.165) is 36.4 Å². The second-order valence-electron chi connectivity index (χ2n) is 6.66. The molecule has 0 N–H and O–H groups in total.